The first kappa shape index (κ1) is 13.6. The van der Waals surface area contributed by atoms with Crippen LogP contribution in [0.15, 0.2) is 11.3 Å². The Morgan fingerprint density at radius 1 is 1.45 bits per heavy atom. The van der Waals surface area contributed by atoms with Crippen LogP contribution >= 0.6 is 0 Å². The molecule has 6 nitrogen and oxygen atoms in total. The number of amides is 1. The summed E-state index contributed by atoms with van der Waals surface area (Å²) in [5, 5.41) is 19.2. The SMILES string of the molecule is CO[C@H]1CCCC2C1=C(C(=O)O)N1C(=O)[C@H]([C@@H](C)O)[C@@H]21. The molecule has 5 atom stereocenters. The van der Waals surface area contributed by atoms with Crippen LogP contribution in [0.25, 0.3) is 0 Å². The highest BCUT2D eigenvalue weighted by molar-refractivity contribution is 6.00. The number of carboxylic acids is 1. The smallest absolute Gasteiger partial charge is 0.352 e. The van der Waals surface area contributed by atoms with E-state index in [1.165, 1.54) is 4.90 Å². The van der Waals surface area contributed by atoms with Crippen LogP contribution in [0.1, 0.15) is 26.2 Å². The maximum atomic E-state index is 12.2. The molecule has 2 fully saturated rings. The summed E-state index contributed by atoms with van der Waals surface area (Å²) in [5.74, 6) is -1.83. The Hall–Kier alpha value is -1.40. The molecule has 1 saturated carbocycles. The largest absolute Gasteiger partial charge is 0.477 e. The fourth-order valence-corrected chi connectivity index (χ4v) is 4.08. The van der Waals surface area contributed by atoms with Gasteiger partial charge in [-0.05, 0) is 31.8 Å². The number of aliphatic hydroxyl groups is 1. The minimum Gasteiger partial charge on any atom is -0.477 e. The van der Waals surface area contributed by atoms with Crippen molar-refractivity contribution in [3.05, 3.63) is 11.3 Å². The Morgan fingerprint density at radius 2 is 2.15 bits per heavy atom. The van der Waals surface area contributed by atoms with Crippen molar-refractivity contribution in [2.45, 2.75) is 44.4 Å². The van der Waals surface area contributed by atoms with E-state index in [4.69, 9.17) is 4.74 Å². The first-order valence-electron chi connectivity index (χ1n) is 7.00. The molecule has 2 N–H and O–H groups in total. The van der Waals surface area contributed by atoms with Gasteiger partial charge in [-0.1, -0.05) is 0 Å². The van der Waals surface area contributed by atoms with Crippen molar-refractivity contribution in [1.29, 1.82) is 0 Å². The summed E-state index contributed by atoms with van der Waals surface area (Å²) in [6.07, 6.45) is 1.61. The van der Waals surface area contributed by atoms with Crippen LogP contribution in [0.5, 0.6) is 0 Å². The number of nitrogens with zero attached hydrogens (tertiary/aromatic N) is 1. The zero-order valence-electron chi connectivity index (χ0n) is 11.6. The van der Waals surface area contributed by atoms with Gasteiger partial charge in [0.05, 0.1) is 24.2 Å². The number of carbonyl (C=O) groups excluding carboxylic acids is 1. The molecule has 0 aromatic heterocycles. The van der Waals surface area contributed by atoms with Gasteiger partial charge in [-0.3, -0.25) is 4.79 Å². The molecule has 1 aliphatic carbocycles. The van der Waals surface area contributed by atoms with E-state index in [1.54, 1.807) is 14.0 Å². The Morgan fingerprint density at radius 3 is 2.70 bits per heavy atom. The number of ether oxygens (including phenoxy) is 1. The van der Waals surface area contributed by atoms with Gasteiger partial charge in [0, 0.05) is 13.0 Å². The lowest BCUT2D eigenvalue weighted by Crippen LogP contribution is -2.64. The molecule has 1 unspecified atom stereocenters. The highest BCUT2D eigenvalue weighted by atomic mass is 16.5. The summed E-state index contributed by atoms with van der Waals surface area (Å²) in [6, 6.07) is -0.207. The molecule has 0 aromatic rings. The molecule has 0 aromatic carbocycles. The molecule has 0 spiro atoms. The summed E-state index contributed by atoms with van der Waals surface area (Å²) < 4.78 is 5.42. The van der Waals surface area contributed by atoms with Gasteiger partial charge in [-0.15, -0.1) is 0 Å². The standard InChI is InChI=1S/C14H19NO5/c1-6(16)9-11-7-4-3-5-8(20-2)10(7)12(14(18)19)15(11)13(9)17/h6-9,11,16H,3-5H2,1-2H3,(H,18,19)/t6-,7?,8+,9-,11-/m1/s1. The van der Waals surface area contributed by atoms with Gasteiger partial charge in [0.15, 0.2) is 0 Å². The molecule has 2 aliphatic heterocycles. The van der Waals surface area contributed by atoms with Crippen LogP contribution in [0, 0.1) is 11.8 Å². The topological polar surface area (TPSA) is 87.1 Å². The molecule has 20 heavy (non-hydrogen) atoms. The fourth-order valence-electron chi connectivity index (χ4n) is 4.08. The molecule has 3 rings (SSSR count). The average Bonchev–Trinajstić information content (AvgIpc) is 2.69. The number of aliphatic carboxylic acids is 1. The first-order chi connectivity index (χ1) is 9.49. The second kappa shape index (κ2) is 4.56. The van der Waals surface area contributed by atoms with Crippen molar-refractivity contribution in [3.8, 4) is 0 Å². The van der Waals surface area contributed by atoms with Gasteiger partial charge in [0.2, 0.25) is 5.91 Å². The van der Waals surface area contributed by atoms with E-state index < -0.39 is 18.0 Å². The van der Waals surface area contributed by atoms with Gasteiger partial charge in [0.25, 0.3) is 0 Å². The van der Waals surface area contributed by atoms with Crippen molar-refractivity contribution in [2.24, 2.45) is 11.8 Å². The second-order valence-electron chi connectivity index (χ2n) is 5.84. The fraction of sp³-hybridized carbons (Fsp3) is 0.714. The highest BCUT2D eigenvalue weighted by Crippen LogP contribution is 2.52. The number of methoxy groups -OCH3 is 1. The Bertz CT molecular complexity index is 498. The van der Waals surface area contributed by atoms with Crippen molar-refractivity contribution in [3.63, 3.8) is 0 Å². The quantitative estimate of drug-likeness (QED) is 0.729. The highest BCUT2D eigenvalue weighted by Gasteiger charge is 2.62. The van der Waals surface area contributed by atoms with Crippen molar-refractivity contribution in [1.82, 2.24) is 4.90 Å². The maximum Gasteiger partial charge on any atom is 0.352 e. The summed E-state index contributed by atoms with van der Waals surface area (Å²) in [4.78, 5) is 25.1. The molecule has 0 bridgehead atoms. The third-order valence-corrected chi connectivity index (χ3v) is 4.85. The lowest BCUT2D eigenvalue weighted by Gasteiger charge is -2.47. The summed E-state index contributed by atoms with van der Waals surface area (Å²) >= 11 is 0. The van der Waals surface area contributed by atoms with Gasteiger partial charge in [-0.2, -0.15) is 0 Å². The van der Waals surface area contributed by atoms with E-state index in [0.29, 0.717) is 0 Å². The number of carboxylic acid groups (broad SMARTS) is 1. The number of hydrogen-bond donors (Lipinski definition) is 2. The minimum absolute atomic E-state index is 0.0112. The van der Waals surface area contributed by atoms with Crippen LogP contribution in [0.2, 0.25) is 0 Å². The molecular weight excluding hydrogens is 262 g/mol. The van der Waals surface area contributed by atoms with Crippen molar-refractivity contribution >= 4 is 11.9 Å². The lowest BCUT2D eigenvalue weighted by molar-refractivity contribution is -0.163. The third kappa shape index (κ3) is 1.58. The zero-order valence-corrected chi connectivity index (χ0v) is 11.6. The van der Waals surface area contributed by atoms with Crippen LogP contribution < -0.4 is 0 Å². The molecule has 3 aliphatic rings. The van der Waals surface area contributed by atoms with E-state index in [9.17, 15) is 19.8 Å². The van der Waals surface area contributed by atoms with Gasteiger partial charge >= 0.3 is 5.97 Å². The van der Waals surface area contributed by atoms with Crippen LogP contribution in [0.4, 0.5) is 0 Å². The molecule has 1 amide bonds. The van der Waals surface area contributed by atoms with Gasteiger partial charge in [-0.25, -0.2) is 4.79 Å². The van der Waals surface area contributed by atoms with Gasteiger partial charge in [0.1, 0.15) is 5.70 Å². The molecule has 6 heteroatoms. The van der Waals surface area contributed by atoms with Crippen molar-refractivity contribution in [2.75, 3.05) is 7.11 Å². The maximum absolute atomic E-state index is 12.2. The second-order valence-corrected chi connectivity index (χ2v) is 5.84. The lowest BCUT2D eigenvalue weighted by atomic mass is 9.72. The number of rotatable bonds is 3. The van der Waals surface area contributed by atoms with E-state index in [0.717, 1.165) is 24.8 Å². The minimum atomic E-state index is -1.08. The van der Waals surface area contributed by atoms with Gasteiger partial charge < -0.3 is 19.8 Å². The normalized spacial score (nSPS) is 37.4. The van der Waals surface area contributed by atoms with Crippen LogP contribution in [-0.4, -0.2) is 52.3 Å². The predicted molar refractivity (Wildman–Crippen MR) is 68.6 cm³/mol. The number of β-lactam (4-membered cyclic amide) rings is 1. The summed E-state index contributed by atoms with van der Waals surface area (Å²) in [5.41, 5.74) is 0.834. The molecule has 2 heterocycles. The average molecular weight is 281 g/mol. The van der Waals surface area contributed by atoms with Crippen LogP contribution in [-0.2, 0) is 14.3 Å². The molecule has 1 saturated heterocycles. The van der Waals surface area contributed by atoms with Crippen LogP contribution in [0.3, 0.4) is 0 Å². The number of hydrogen-bond acceptors (Lipinski definition) is 4. The number of carbonyl (C=O) groups is 2. The number of aliphatic hydroxyl groups excluding tert-OH is 1. The zero-order chi connectivity index (χ0) is 14.6. The van der Waals surface area contributed by atoms with E-state index in [1.807, 2.05) is 0 Å². The predicted octanol–water partition coefficient (Wildman–Crippen LogP) is 0.362. The summed E-state index contributed by atoms with van der Waals surface area (Å²) in [6.45, 7) is 1.59. The van der Waals surface area contributed by atoms with Crippen molar-refractivity contribution < 1.29 is 24.5 Å². The van der Waals surface area contributed by atoms with E-state index >= 15 is 0 Å². The first-order valence-corrected chi connectivity index (χ1v) is 7.00. The number of fused-ring (bicyclic) bond motifs is 3. The molecule has 0 radical (unpaired) electrons. The van der Waals surface area contributed by atoms with E-state index in [2.05, 4.69) is 0 Å². The Kier molecular flexibility index (Phi) is 3.10. The third-order valence-electron chi connectivity index (χ3n) is 4.85. The van der Waals surface area contributed by atoms with E-state index in [-0.39, 0.29) is 29.7 Å². The molecular formula is C14H19NO5. The Labute approximate surface area is 117 Å². The summed E-state index contributed by atoms with van der Waals surface area (Å²) in [7, 11) is 1.57. The monoisotopic (exact) mass is 281 g/mol. The molecule has 110 valence electrons. The Balaban J connectivity index is 2.04.